The van der Waals surface area contributed by atoms with E-state index in [-0.39, 0.29) is 5.56 Å². The third-order valence-electron chi connectivity index (χ3n) is 3.25. The number of ether oxygens (including phenoxy) is 1. The highest BCUT2D eigenvalue weighted by atomic mass is 32.2. The van der Waals surface area contributed by atoms with Gasteiger partial charge in [0.25, 0.3) is 5.56 Å². The summed E-state index contributed by atoms with van der Waals surface area (Å²) in [5.41, 5.74) is 0.828. The minimum Gasteiger partial charge on any atom is -0.494 e. The van der Waals surface area contributed by atoms with Gasteiger partial charge >= 0.3 is 0 Å². The normalized spacial score (nSPS) is 10.7. The number of aryl methyl sites for hydroxylation is 2. The Balaban J connectivity index is 1.98. The van der Waals surface area contributed by atoms with E-state index in [2.05, 4.69) is 4.98 Å². The molecule has 4 nitrogen and oxygen atoms in total. The second-order valence-corrected chi connectivity index (χ2v) is 6.08. The molecule has 22 heavy (non-hydrogen) atoms. The maximum atomic E-state index is 12.1. The van der Waals surface area contributed by atoms with Crippen molar-refractivity contribution in [3.63, 3.8) is 0 Å². The average molecular weight is 318 g/mol. The van der Waals surface area contributed by atoms with Crippen LogP contribution in [0, 0.1) is 6.92 Å². The summed E-state index contributed by atoms with van der Waals surface area (Å²) in [6, 6.07) is 9.64. The molecule has 1 heterocycles. The molecule has 0 aliphatic carbocycles. The summed E-state index contributed by atoms with van der Waals surface area (Å²) in [6.07, 6.45) is 0.768. The molecular weight excluding hydrogens is 296 g/mol. The Labute approximate surface area is 135 Å². The Morgan fingerprint density at radius 1 is 1.23 bits per heavy atom. The van der Waals surface area contributed by atoms with Gasteiger partial charge in [-0.2, -0.15) is 0 Å². The van der Waals surface area contributed by atoms with E-state index in [1.807, 2.05) is 45.0 Å². The molecule has 1 aromatic carbocycles. The van der Waals surface area contributed by atoms with E-state index in [4.69, 9.17) is 4.74 Å². The van der Waals surface area contributed by atoms with E-state index >= 15 is 0 Å². The predicted molar refractivity (Wildman–Crippen MR) is 90.9 cm³/mol. The summed E-state index contributed by atoms with van der Waals surface area (Å²) in [5, 5.41) is 0. The lowest BCUT2D eigenvalue weighted by Crippen LogP contribution is -2.25. The van der Waals surface area contributed by atoms with Crippen LogP contribution in [0.3, 0.4) is 0 Å². The first-order chi connectivity index (χ1) is 10.6. The molecule has 1 aromatic heterocycles. The minimum absolute atomic E-state index is 0.0386. The van der Waals surface area contributed by atoms with E-state index in [0.29, 0.717) is 13.2 Å². The van der Waals surface area contributed by atoms with Gasteiger partial charge in [-0.25, -0.2) is 4.98 Å². The molecule has 0 spiro atoms. The summed E-state index contributed by atoms with van der Waals surface area (Å²) in [6.45, 7) is 7.21. The highest BCUT2D eigenvalue weighted by molar-refractivity contribution is 7.99. The van der Waals surface area contributed by atoms with Gasteiger partial charge in [0.15, 0.2) is 0 Å². The number of hydrogen-bond acceptors (Lipinski definition) is 4. The number of aromatic nitrogens is 2. The third kappa shape index (κ3) is 4.37. The van der Waals surface area contributed by atoms with Crippen molar-refractivity contribution in [1.29, 1.82) is 0 Å². The van der Waals surface area contributed by atoms with Crippen molar-refractivity contribution >= 4 is 11.8 Å². The zero-order valence-corrected chi connectivity index (χ0v) is 14.2. The molecular formula is C17H22N2O2S. The monoisotopic (exact) mass is 318 g/mol. The number of hydrogen-bond donors (Lipinski definition) is 0. The van der Waals surface area contributed by atoms with Crippen molar-refractivity contribution in [1.82, 2.24) is 9.55 Å². The van der Waals surface area contributed by atoms with Crippen LogP contribution in [0.4, 0.5) is 0 Å². The Hall–Kier alpha value is -1.75. The highest BCUT2D eigenvalue weighted by Crippen LogP contribution is 2.21. The van der Waals surface area contributed by atoms with E-state index in [0.717, 1.165) is 29.4 Å². The SMILES string of the molecule is CCOc1ccc(SCCn2c(CC)nc(C)cc2=O)cc1. The Bertz CT molecular complexity index is 665. The average Bonchev–Trinajstić information content (AvgIpc) is 2.51. The molecule has 2 aromatic rings. The number of thioether (sulfide) groups is 1. The number of rotatable bonds is 7. The topological polar surface area (TPSA) is 44.1 Å². The first kappa shape index (κ1) is 16.6. The van der Waals surface area contributed by atoms with Crippen molar-refractivity contribution in [3.8, 4) is 5.75 Å². The molecule has 0 radical (unpaired) electrons. The van der Waals surface area contributed by atoms with Gasteiger partial charge in [-0.3, -0.25) is 9.36 Å². The van der Waals surface area contributed by atoms with Crippen LogP contribution in [0.25, 0.3) is 0 Å². The van der Waals surface area contributed by atoms with Gasteiger partial charge < -0.3 is 4.74 Å². The van der Waals surface area contributed by atoms with Crippen LogP contribution in [0.1, 0.15) is 25.4 Å². The molecule has 0 fully saturated rings. The predicted octanol–water partition coefficient (Wildman–Crippen LogP) is 3.31. The summed E-state index contributed by atoms with van der Waals surface area (Å²) >= 11 is 1.73. The maximum absolute atomic E-state index is 12.1. The van der Waals surface area contributed by atoms with Crippen molar-refractivity contribution in [2.75, 3.05) is 12.4 Å². The van der Waals surface area contributed by atoms with Crippen LogP contribution in [0.2, 0.25) is 0 Å². The zero-order chi connectivity index (χ0) is 15.9. The molecule has 0 bridgehead atoms. The van der Waals surface area contributed by atoms with Crippen LogP contribution in [-0.2, 0) is 13.0 Å². The quantitative estimate of drug-likeness (QED) is 0.735. The van der Waals surface area contributed by atoms with Crippen molar-refractivity contribution < 1.29 is 4.74 Å². The van der Waals surface area contributed by atoms with Gasteiger partial charge in [0.2, 0.25) is 0 Å². The molecule has 2 rings (SSSR count). The number of benzene rings is 1. The molecule has 0 N–H and O–H groups in total. The third-order valence-corrected chi connectivity index (χ3v) is 4.24. The lowest BCUT2D eigenvalue weighted by Gasteiger charge is -2.11. The smallest absolute Gasteiger partial charge is 0.253 e. The molecule has 118 valence electrons. The van der Waals surface area contributed by atoms with Gasteiger partial charge in [0.1, 0.15) is 11.6 Å². The van der Waals surface area contributed by atoms with Gasteiger partial charge in [-0.15, -0.1) is 11.8 Å². The molecule has 0 unspecified atom stereocenters. The Kier molecular flexibility index (Phi) is 6.07. The van der Waals surface area contributed by atoms with Crippen LogP contribution < -0.4 is 10.3 Å². The second-order valence-electron chi connectivity index (χ2n) is 4.91. The van der Waals surface area contributed by atoms with Gasteiger partial charge in [0.05, 0.1) is 6.61 Å². The maximum Gasteiger partial charge on any atom is 0.253 e. The van der Waals surface area contributed by atoms with E-state index < -0.39 is 0 Å². The molecule has 0 saturated carbocycles. The largest absolute Gasteiger partial charge is 0.494 e. The lowest BCUT2D eigenvalue weighted by atomic mass is 10.3. The summed E-state index contributed by atoms with van der Waals surface area (Å²) in [7, 11) is 0. The van der Waals surface area contributed by atoms with Gasteiger partial charge in [-0.05, 0) is 38.1 Å². The molecule has 0 atom stereocenters. The van der Waals surface area contributed by atoms with Crippen LogP contribution in [-0.4, -0.2) is 21.9 Å². The Morgan fingerprint density at radius 2 is 1.95 bits per heavy atom. The molecule has 0 aliphatic rings. The standard InChI is InChI=1S/C17H22N2O2S/c1-4-16-18-13(3)12-17(20)19(16)10-11-22-15-8-6-14(7-9-15)21-5-2/h6-9,12H,4-5,10-11H2,1-3H3. The van der Waals surface area contributed by atoms with Crippen LogP contribution >= 0.6 is 11.8 Å². The van der Waals surface area contributed by atoms with Crippen molar-refractivity contribution in [3.05, 3.63) is 52.2 Å². The van der Waals surface area contributed by atoms with Crippen LogP contribution in [0.15, 0.2) is 40.0 Å². The lowest BCUT2D eigenvalue weighted by molar-refractivity contribution is 0.340. The first-order valence-electron chi connectivity index (χ1n) is 7.57. The Morgan fingerprint density at radius 3 is 2.59 bits per heavy atom. The summed E-state index contributed by atoms with van der Waals surface area (Å²) in [5.74, 6) is 2.59. The molecule has 0 saturated heterocycles. The van der Waals surface area contributed by atoms with Crippen molar-refractivity contribution in [2.24, 2.45) is 0 Å². The zero-order valence-electron chi connectivity index (χ0n) is 13.3. The van der Waals surface area contributed by atoms with Crippen molar-refractivity contribution in [2.45, 2.75) is 38.6 Å². The fraction of sp³-hybridized carbons (Fsp3) is 0.412. The second kappa shape index (κ2) is 8.03. The summed E-state index contributed by atoms with van der Waals surface area (Å²) < 4.78 is 7.20. The van der Waals surface area contributed by atoms with E-state index in [1.54, 1.807) is 22.4 Å². The first-order valence-corrected chi connectivity index (χ1v) is 8.55. The minimum atomic E-state index is 0.0386. The fourth-order valence-corrected chi connectivity index (χ4v) is 3.08. The van der Waals surface area contributed by atoms with E-state index in [1.165, 1.54) is 4.90 Å². The molecule has 5 heteroatoms. The van der Waals surface area contributed by atoms with Gasteiger partial charge in [-0.1, -0.05) is 6.92 Å². The van der Waals surface area contributed by atoms with Crippen LogP contribution in [0.5, 0.6) is 5.75 Å². The molecule has 0 aliphatic heterocycles. The highest BCUT2D eigenvalue weighted by Gasteiger charge is 2.05. The fourth-order valence-electron chi connectivity index (χ4n) is 2.24. The van der Waals surface area contributed by atoms with Gasteiger partial charge in [0, 0.05) is 35.4 Å². The van der Waals surface area contributed by atoms with E-state index in [9.17, 15) is 4.79 Å². The molecule has 0 amide bonds. The number of nitrogens with zero attached hydrogens (tertiary/aromatic N) is 2. The summed E-state index contributed by atoms with van der Waals surface area (Å²) in [4.78, 5) is 17.7.